The second-order valence-corrected chi connectivity index (χ2v) is 24.0. The van der Waals surface area contributed by atoms with Gasteiger partial charge in [-0.1, -0.05) is 178 Å². The van der Waals surface area contributed by atoms with Crippen LogP contribution in [0.25, 0.3) is 24.3 Å². The van der Waals surface area contributed by atoms with Crippen molar-refractivity contribution in [1.82, 2.24) is 0 Å². The van der Waals surface area contributed by atoms with Crippen LogP contribution in [-0.2, 0) is 0 Å². The first-order chi connectivity index (χ1) is 21.5. The van der Waals surface area contributed by atoms with Crippen LogP contribution in [0.3, 0.4) is 0 Å². The Bertz CT molecular complexity index is 1730. The van der Waals surface area contributed by atoms with Gasteiger partial charge in [-0.05, 0) is 72.2 Å². The zero-order chi connectivity index (χ0) is 29.9. The van der Waals surface area contributed by atoms with Crippen molar-refractivity contribution in [3.05, 3.63) is 166 Å². The Morgan fingerprint density at radius 3 is 1.14 bits per heavy atom. The van der Waals surface area contributed by atoms with Gasteiger partial charge in [-0.15, -0.1) is 0 Å². The van der Waals surface area contributed by atoms with Crippen molar-refractivity contribution in [1.29, 1.82) is 0 Å². The molecule has 0 aromatic heterocycles. The molecule has 0 radical (unpaired) electrons. The lowest BCUT2D eigenvalue weighted by Gasteiger charge is -2.48. The third kappa shape index (κ3) is 4.14. The molecule has 4 unspecified atom stereocenters. The van der Waals surface area contributed by atoms with Gasteiger partial charge in [0.1, 0.15) is 0 Å². The molecular formula is C42H42Si2. The van der Waals surface area contributed by atoms with Crippen LogP contribution in [0.4, 0.5) is 0 Å². The van der Waals surface area contributed by atoms with Crippen LogP contribution < -0.4 is 0 Å². The molecule has 0 saturated heterocycles. The van der Waals surface area contributed by atoms with Gasteiger partial charge in [0.2, 0.25) is 0 Å². The average Bonchev–Trinajstić information content (AvgIpc) is 3.86. The van der Waals surface area contributed by atoms with Gasteiger partial charge in [0.25, 0.3) is 0 Å². The minimum Gasteiger partial charge on any atom is -0.0791 e. The lowest BCUT2D eigenvalue weighted by atomic mass is 10.1. The van der Waals surface area contributed by atoms with Crippen molar-refractivity contribution >= 4 is 40.5 Å². The molecular weight excluding hydrogens is 561 g/mol. The van der Waals surface area contributed by atoms with E-state index in [4.69, 9.17) is 0 Å². The highest BCUT2D eigenvalue weighted by molar-refractivity contribution is 6.89. The lowest BCUT2D eigenvalue weighted by molar-refractivity contribution is 0.862. The fourth-order valence-electron chi connectivity index (χ4n) is 9.59. The van der Waals surface area contributed by atoms with Crippen LogP contribution >= 0.6 is 0 Å². The molecule has 44 heavy (non-hydrogen) atoms. The van der Waals surface area contributed by atoms with E-state index in [1.54, 1.807) is 22.3 Å². The number of hydrogen-bond donors (Lipinski definition) is 0. The highest BCUT2D eigenvalue weighted by Gasteiger charge is 2.54. The monoisotopic (exact) mass is 602 g/mol. The number of fused-ring (bicyclic) bond motifs is 4. The zero-order valence-corrected chi connectivity index (χ0v) is 28.2. The van der Waals surface area contributed by atoms with Crippen LogP contribution in [0, 0.1) is 0 Å². The quantitative estimate of drug-likeness (QED) is 0.176. The van der Waals surface area contributed by atoms with Crippen molar-refractivity contribution in [2.45, 2.75) is 60.2 Å². The maximum absolute atomic E-state index is 2.76. The standard InChI is InChI=1S/C42H42Si2/c1-30(2)44(41-26-22-33-14-6-10-18-37(33)41,42-27-23-34-15-7-11-19-38(34)42)29-28-43(3,39-24-20-31-12-4-8-16-35(31)39)40-25-21-32-13-5-9-17-36(32)40/h4-27,30,39-42H,28-29H2,1-3H3. The minimum atomic E-state index is -2.09. The van der Waals surface area contributed by atoms with E-state index in [9.17, 15) is 0 Å². The second kappa shape index (κ2) is 10.7. The fraction of sp³-hybridized carbons (Fsp3) is 0.238. The molecule has 4 atom stereocenters. The normalized spacial score (nSPS) is 24.6. The first-order valence-electron chi connectivity index (χ1n) is 16.6. The molecule has 0 spiro atoms. The third-order valence-corrected chi connectivity index (χ3v) is 24.2. The Morgan fingerprint density at radius 1 is 0.455 bits per heavy atom. The molecule has 0 fully saturated rings. The number of allylic oxidation sites excluding steroid dienone is 4. The summed E-state index contributed by atoms with van der Waals surface area (Å²) < 4.78 is 0. The average molecular weight is 603 g/mol. The molecule has 0 bridgehead atoms. The smallest absolute Gasteiger partial charge is 0.0791 e. The summed E-state index contributed by atoms with van der Waals surface area (Å²) in [6.45, 7) is 7.91. The first-order valence-corrected chi connectivity index (χ1v) is 21.9. The largest absolute Gasteiger partial charge is 0.0796 e. The van der Waals surface area contributed by atoms with E-state index in [-0.39, 0.29) is 0 Å². The fourth-order valence-corrected chi connectivity index (χ4v) is 23.1. The van der Waals surface area contributed by atoms with Gasteiger partial charge in [0, 0.05) is 0 Å². The Hall–Kier alpha value is -3.73. The van der Waals surface area contributed by atoms with Gasteiger partial charge in [-0.25, -0.2) is 0 Å². The molecule has 4 aliphatic carbocycles. The molecule has 0 N–H and O–H groups in total. The van der Waals surface area contributed by atoms with Gasteiger partial charge >= 0.3 is 0 Å². The van der Waals surface area contributed by atoms with Crippen molar-refractivity contribution < 1.29 is 0 Å². The van der Waals surface area contributed by atoms with E-state index in [2.05, 4.69) is 166 Å². The predicted molar refractivity (Wildman–Crippen MR) is 195 cm³/mol. The predicted octanol–water partition coefficient (Wildman–Crippen LogP) is 11.3. The van der Waals surface area contributed by atoms with Crippen LogP contribution in [0.2, 0.25) is 24.2 Å². The molecule has 4 aromatic rings. The van der Waals surface area contributed by atoms with Crippen LogP contribution in [0.1, 0.15) is 80.5 Å². The van der Waals surface area contributed by atoms with Crippen molar-refractivity contribution in [2.24, 2.45) is 0 Å². The summed E-state index contributed by atoms with van der Waals surface area (Å²) in [6, 6.07) is 39.7. The molecule has 0 amide bonds. The summed E-state index contributed by atoms with van der Waals surface area (Å²) in [5, 5.41) is 0. The van der Waals surface area contributed by atoms with E-state index in [1.165, 1.54) is 34.3 Å². The summed E-state index contributed by atoms with van der Waals surface area (Å²) >= 11 is 0. The summed E-state index contributed by atoms with van der Waals surface area (Å²) in [5.41, 5.74) is 14.7. The number of benzene rings is 4. The number of rotatable bonds is 8. The van der Waals surface area contributed by atoms with Gasteiger partial charge in [0.15, 0.2) is 0 Å². The van der Waals surface area contributed by atoms with E-state index < -0.39 is 16.1 Å². The Morgan fingerprint density at radius 2 is 0.773 bits per heavy atom. The molecule has 0 saturated carbocycles. The van der Waals surface area contributed by atoms with E-state index in [0.29, 0.717) is 27.7 Å². The summed E-state index contributed by atoms with van der Waals surface area (Å²) in [7, 11) is -4.10. The first kappa shape index (κ1) is 27.8. The zero-order valence-electron chi connectivity index (χ0n) is 26.2. The summed E-state index contributed by atoms with van der Waals surface area (Å²) in [5.74, 6) is 0. The van der Waals surface area contributed by atoms with Crippen LogP contribution in [0.15, 0.2) is 121 Å². The lowest BCUT2D eigenvalue weighted by Crippen LogP contribution is -2.52. The highest BCUT2D eigenvalue weighted by Crippen LogP contribution is 2.57. The highest BCUT2D eigenvalue weighted by atomic mass is 28.3. The topological polar surface area (TPSA) is 0 Å². The molecule has 4 aliphatic rings. The Labute approximate surface area is 265 Å². The molecule has 2 heteroatoms. The molecule has 218 valence electrons. The minimum absolute atomic E-state index is 0.524. The molecule has 0 heterocycles. The van der Waals surface area contributed by atoms with Crippen molar-refractivity contribution in [2.75, 3.05) is 0 Å². The second-order valence-electron chi connectivity index (χ2n) is 14.1. The van der Waals surface area contributed by atoms with Crippen LogP contribution in [0.5, 0.6) is 0 Å². The molecule has 4 aromatic carbocycles. The van der Waals surface area contributed by atoms with Crippen molar-refractivity contribution in [3.8, 4) is 0 Å². The maximum Gasteiger partial charge on any atom is 0.0796 e. The molecule has 0 nitrogen and oxygen atoms in total. The number of hydrogen-bond acceptors (Lipinski definition) is 0. The van der Waals surface area contributed by atoms with Gasteiger partial charge < -0.3 is 0 Å². The van der Waals surface area contributed by atoms with E-state index in [1.807, 2.05) is 0 Å². The third-order valence-electron chi connectivity index (χ3n) is 11.9. The Balaban J connectivity index is 1.28. The van der Waals surface area contributed by atoms with Gasteiger partial charge in [0.05, 0.1) is 16.1 Å². The Kier molecular flexibility index (Phi) is 6.77. The van der Waals surface area contributed by atoms with E-state index >= 15 is 0 Å². The maximum atomic E-state index is 2.76. The van der Waals surface area contributed by atoms with Gasteiger partial charge in [-0.2, -0.15) is 0 Å². The van der Waals surface area contributed by atoms with E-state index in [0.717, 1.165) is 0 Å². The summed E-state index contributed by atoms with van der Waals surface area (Å²) in [6.07, 6.45) is 20.2. The SMILES string of the molecule is CC(C)[Si](CC[Si](C)(C1C=Cc2ccccc21)C1C=Cc2ccccc21)(C1C=Cc2ccccc21)C1C=Cc2ccccc21. The molecule has 0 aliphatic heterocycles. The summed E-state index contributed by atoms with van der Waals surface area (Å²) in [4.78, 5) is 0. The van der Waals surface area contributed by atoms with Crippen molar-refractivity contribution in [3.63, 3.8) is 0 Å². The van der Waals surface area contributed by atoms with Gasteiger partial charge in [-0.3, -0.25) is 0 Å². The molecule has 8 rings (SSSR count). The van der Waals surface area contributed by atoms with Crippen LogP contribution in [-0.4, -0.2) is 16.1 Å².